The third-order valence-corrected chi connectivity index (χ3v) is 5.17. The van der Waals surface area contributed by atoms with E-state index in [4.69, 9.17) is 0 Å². The second-order valence-corrected chi connectivity index (χ2v) is 7.11. The summed E-state index contributed by atoms with van der Waals surface area (Å²) in [6.07, 6.45) is 0. The number of nitro groups is 1. The van der Waals surface area contributed by atoms with Crippen LogP contribution in [0.2, 0.25) is 0 Å². The van der Waals surface area contributed by atoms with Gasteiger partial charge in [0.05, 0.1) is 10.7 Å². The molecule has 0 atom stereocenters. The van der Waals surface area contributed by atoms with Crippen molar-refractivity contribution in [2.75, 3.05) is 11.1 Å². The van der Waals surface area contributed by atoms with Crippen LogP contribution in [-0.4, -0.2) is 36.5 Å². The zero-order chi connectivity index (χ0) is 21.0. The summed E-state index contributed by atoms with van der Waals surface area (Å²) in [5.74, 6) is -0.0106. The number of nitrogens with one attached hydrogen (secondary N) is 1. The van der Waals surface area contributed by atoms with E-state index >= 15 is 0 Å². The van der Waals surface area contributed by atoms with Crippen molar-refractivity contribution in [3.8, 4) is 17.1 Å². The topological polar surface area (TPSA) is 123 Å². The Balaban J connectivity index is 1.70. The first-order valence-corrected chi connectivity index (χ1v) is 9.78. The lowest BCUT2D eigenvalue weighted by molar-refractivity contribution is -0.385. The van der Waals surface area contributed by atoms with Gasteiger partial charge in [-0.3, -0.25) is 14.9 Å². The van der Waals surface area contributed by atoms with E-state index < -0.39 is 16.4 Å². The second kappa shape index (κ2) is 8.74. The van der Waals surface area contributed by atoms with Crippen molar-refractivity contribution in [2.24, 2.45) is 0 Å². The third-order valence-electron chi connectivity index (χ3n) is 4.21. The number of carbonyl (C=O) groups is 1. The number of aromatic nitrogens is 3. The second-order valence-electron chi connectivity index (χ2n) is 6.16. The minimum absolute atomic E-state index is 0.0561. The number of nitrogens with zero attached hydrogens (tertiary/aromatic N) is 4. The van der Waals surface area contributed by atoms with Gasteiger partial charge in [0.25, 0.3) is 0 Å². The third kappa shape index (κ3) is 4.54. The van der Waals surface area contributed by atoms with E-state index in [1.807, 2.05) is 42.7 Å². The molecule has 0 saturated heterocycles. The summed E-state index contributed by atoms with van der Waals surface area (Å²) in [4.78, 5) is 22.4. The van der Waals surface area contributed by atoms with Gasteiger partial charge in [-0.15, -0.1) is 10.2 Å². The zero-order valence-corrected chi connectivity index (χ0v) is 16.6. The Morgan fingerprint density at radius 3 is 2.72 bits per heavy atom. The number of hydrogen-bond acceptors (Lipinski definition) is 7. The van der Waals surface area contributed by atoms with Crippen LogP contribution in [0.15, 0.2) is 47.6 Å². The molecular formula is C19H19N5O4S. The predicted molar refractivity (Wildman–Crippen MR) is 110 cm³/mol. The number of nitro benzene ring substituents is 1. The van der Waals surface area contributed by atoms with Crippen LogP contribution in [0.3, 0.4) is 0 Å². The van der Waals surface area contributed by atoms with Crippen LogP contribution < -0.4 is 5.32 Å². The highest BCUT2D eigenvalue weighted by Crippen LogP contribution is 2.29. The van der Waals surface area contributed by atoms with Gasteiger partial charge in [-0.2, -0.15) is 0 Å². The molecule has 2 aromatic carbocycles. The number of anilines is 1. The number of aryl methyl sites for hydroxylation is 1. The fraction of sp³-hybridized carbons (Fsp3) is 0.211. The maximum atomic E-state index is 12.3. The van der Waals surface area contributed by atoms with Crippen LogP contribution in [0.1, 0.15) is 12.5 Å². The molecule has 1 heterocycles. The molecule has 150 valence electrons. The van der Waals surface area contributed by atoms with Gasteiger partial charge in [0.15, 0.2) is 16.7 Å². The largest absolute Gasteiger partial charge is 0.502 e. The smallest absolute Gasteiger partial charge is 0.312 e. The van der Waals surface area contributed by atoms with Gasteiger partial charge >= 0.3 is 5.69 Å². The number of thioether (sulfide) groups is 1. The van der Waals surface area contributed by atoms with E-state index in [0.717, 1.165) is 23.0 Å². The number of phenolic OH excluding ortho intramolecular Hbond substituents is 1. The Morgan fingerprint density at radius 1 is 1.28 bits per heavy atom. The molecule has 1 aromatic heterocycles. The predicted octanol–water partition coefficient (Wildman–Crippen LogP) is 3.62. The first-order chi connectivity index (χ1) is 13.9. The molecule has 9 nitrogen and oxygen atoms in total. The molecule has 0 radical (unpaired) electrons. The normalized spacial score (nSPS) is 10.7. The molecule has 0 aliphatic heterocycles. The number of phenols is 1. The van der Waals surface area contributed by atoms with Crippen molar-refractivity contribution >= 4 is 29.0 Å². The molecule has 3 aromatic rings. The molecule has 0 fully saturated rings. The van der Waals surface area contributed by atoms with Gasteiger partial charge in [-0.1, -0.05) is 36.0 Å². The van der Waals surface area contributed by atoms with Crippen LogP contribution in [0.4, 0.5) is 11.4 Å². The monoisotopic (exact) mass is 413 g/mol. The first kappa shape index (κ1) is 20.3. The molecule has 3 rings (SSSR count). The molecule has 29 heavy (non-hydrogen) atoms. The van der Waals surface area contributed by atoms with E-state index in [9.17, 15) is 20.0 Å². The van der Waals surface area contributed by atoms with Crippen LogP contribution >= 0.6 is 11.8 Å². The number of benzene rings is 2. The van der Waals surface area contributed by atoms with Gasteiger partial charge in [0.2, 0.25) is 5.91 Å². The summed E-state index contributed by atoms with van der Waals surface area (Å²) in [5, 5.41) is 32.1. The molecule has 1 amide bonds. The molecule has 0 bridgehead atoms. The highest BCUT2D eigenvalue weighted by molar-refractivity contribution is 7.99. The fourth-order valence-electron chi connectivity index (χ4n) is 2.78. The summed E-state index contributed by atoms with van der Waals surface area (Å²) in [6.45, 7) is 4.62. The quantitative estimate of drug-likeness (QED) is 0.262. The minimum atomic E-state index is -0.712. The van der Waals surface area contributed by atoms with E-state index in [1.54, 1.807) is 0 Å². The van der Waals surface area contributed by atoms with E-state index in [1.165, 1.54) is 23.9 Å². The van der Waals surface area contributed by atoms with Gasteiger partial charge in [0.1, 0.15) is 0 Å². The molecule has 0 spiro atoms. The minimum Gasteiger partial charge on any atom is -0.502 e. The van der Waals surface area contributed by atoms with Crippen molar-refractivity contribution in [1.82, 2.24) is 14.8 Å². The maximum absolute atomic E-state index is 12.3. The number of carbonyl (C=O) groups excluding carboxylic acids is 1. The Morgan fingerprint density at radius 2 is 2.03 bits per heavy atom. The molecule has 2 N–H and O–H groups in total. The van der Waals surface area contributed by atoms with Crippen molar-refractivity contribution < 1.29 is 14.8 Å². The van der Waals surface area contributed by atoms with E-state index in [0.29, 0.717) is 11.7 Å². The summed E-state index contributed by atoms with van der Waals surface area (Å²) in [5.41, 5.74) is 1.83. The lowest BCUT2D eigenvalue weighted by Crippen LogP contribution is -2.14. The Labute approximate surface area is 170 Å². The highest BCUT2D eigenvalue weighted by atomic mass is 32.2. The molecular weight excluding hydrogens is 394 g/mol. The Hall–Kier alpha value is -3.40. The molecule has 0 aliphatic carbocycles. The molecule has 0 saturated carbocycles. The van der Waals surface area contributed by atoms with Crippen molar-refractivity contribution in [2.45, 2.75) is 25.5 Å². The average molecular weight is 413 g/mol. The number of aromatic hydroxyl groups is 1. The summed E-state index contributed by atoms with van der Waals surface area (Å²) < 4.78 is 1.94. The fourth-order valence-corrected chi connectivity index (χ4v) is 3.58. The summed E-state index contributed by atoms with van der Waals surface area (Å²) in [6, 6.07) is 11.6. The van der Waals surface area contributed by atoms with Crippen LogP contribution in [-0.2, 0) is 11.3 Å². The standard InChI is InChI=1S/C19H19N5O4S/c1-3-23-18(14-7-5-4-6-12(14)2)21-22-19(23)29-11-17(26)20-13-8-9-16(25)15(10-13)24(27)28/h4-10,25H,3,11H2,1-2H3,(H,20,26). The lowest BCUT2D eigenvalue weighted by Gasteiger charge is -2.09. The highest BCUT2D eigenvalue weighted by Gasteiger charge is 2.17. The van der Waals surface area contributed by atoms with Crippen molar-refractivity contribution in [3.05, 3.63) is 58.1 Å². The van der Waals surface area contributed by atoms with Crippen molar-refractivity contribution in [3.63, 3.8) is 0 Å². The van der Waals surface area contributed by atoms with Crippen LogP contribution in [0, 0.1) is 17.0 Å². The summed E-state index contributed by atoms with van der Waals surface area (Å²) in [7, 11) is 0. The van der Waals surface area contributed by atoms with Gasteiger partial charge in [-0.05, 0) is 31.5 Å². The van der Waals surface area contributed by atoms with Crippen LogP contribution in [0.25, 0.3) is 11.4 Å². The first-order valence-electron chi connectivity index (χ1n) is 8.80. The van der Waals surface area contributed by atoms with Gasteiger partial charge in [-0.25, -0.2) is 0 Å². The zero-order valence-electron chi connectivity index (χ0n) is 15.8. The average Bonchev–Trinajstić information content (AvgIpc) is 3.10. The Bertz CT molecular complexity index is 1070. The number of rotatable bonds is 7. The SMILES string of the molecule is CCn1c(SCC(=O)Nc2ccc(O)c([N+](=O)[O-])c2)nnc1-c1ccccc1C. The number of amides is 1. The van der Waals surface area contributed by atoms with E-state index in [-0.39, 0.29) is 17.3 Å². The van der Waals surface area contributed by atoms with Gasteiger partial charge in [0, 0.05) is 23.9 Å². The Kier molecular flexibility index (Phi) is 6.13. The van der Waals surface area contributed by atoms with E-state index in [2.05, 4.69) is 15.5 Å². The van der Waals surface area contributed by atoms with Crippen LogP contribution in [0.5, 0.6) is 5.75 Å². The number of hydrogen-bond donors (Lipinski definition) is 2. The lowest BCUT2D eigenvalue weighted by atomic mass is 10.1. The van der Waals surface area contributed by atoms with Gasteiger partial charge < -0.3 is 15.0 Å². The molecule has 0 unspecified atom stereocenters. The maximum Gasteiger partial charge on any atom is 0.312 e. The summed E-state index contributed by atoms with van der Waals surface area (Å²) >= 11 is 1.23. The molecule has 0 aliphatic rings. The molecule has 10 heteroatoms. The van der Waals surface area contributed by atoms with Crippen molar-refractivity contribution in [1.29, 1.82) is 0 Å².